The fourth-order valence-electron chi connectivity index (χ4n) is 1.03. The van der Waals surface area contributed by atoms with E-state index in [4.69, 9.17) is 14.6 Å². The molecule has 5 nitrogen and oxygen atoms in total. The standard InChI is InChI=1S/C11H22O5/c1-5-6-7-15-9(3)16-8(2)11(4,14)10(12)13/h8-9,14H,5-7H2,1-4H3,(H,12,13). The predicted molar refractivity (Wildman–Crippen MR) is 59.1 cm³/mol. The second-order valence-corrected chi connectivity index (χ2v) is 4.02. The summed E-state index contributed by atoms with van der Waals surface area (Å²) in [4.78, 5) is 10.7. The highest BCUT2D eigenvalue weighted by atomic mass is 16.7. The summed E-state index contributed by atoms with van der Waals surface area (Å²) in [5.74, 6) is -1.30. The molecule has 0 amide bonds. The lowest BCUT2D eigenvalue weighted by Gasteiger charge is -2.28. The summed E-state index contributed by atoms with van der Waals surface area (Å²) in [5, 5.41) is 18.4. The summed E-state index contributed by atoms with van der Waals surface area (Å²) in [6, 6.07) is 0. The van der Waals surface area contributed by atoms with Crippen molar-refractivity contribution in [2.24, 2.45) is 0 Å². The van der Waals surface area contributed by atoms with Gasteiger partial charge in [-0.3, -0.25) is 0 Å². The second-order valence-electron chi connectivity index (χ2n) is 4.02. The fraction of sp³-hybridized carbons (Fsp3) is 0.909. The number of carboxylic acids is 1. The van der Waals surface area contributed by atoms with E-state index in [1.54, 1.807) is 6.92 Å². The van der Waals surface area contributed by atoms with Crippen molar-refractivity contribution in [3.8, 4) is 0 Å². The van der Waals surface area contributed by atoms with Gasteiger partial charge in [0.15, 0.2) is 11.9 Å². The Morgan fingerprint density at radius 3 is 2.44 bits per heavy atom. The molecule has 2 N–H and O–H groups in total. The molecule has 0 aromatic rings. The lowest BCUT2D eigenvalue weighted by Crippen LogP contribution is -2.47. The monoisotopic (exact) mass is 234 g/mol. The van der Waals surface area contributed by atoms with E-state index in [1.807, 2.05) is 6.92 Å². The van der Waals surface area contributed by atoms with Crippen molar-refractivity contribution < 1.29 is 24.5 Å². The minimum atomic E-state index is -1.90. The van der Waals surface area contributed by atoms with Crippen LogP contribution in [0.3, 0.4) is 0 Å². The number of unbranched alkanes of at least 4 members (excludes halogenated alkanes) is 1. The van der Waals surface area contributed by atoms with Crippen LogP contribution in [0, 0.1) is 0 Å². The van der Waals surface area contributed by atoms with Crippen molar-refractivity contribution in [2.45, 2.75) is 58.5 Å². The molecule has 0 aromatic carbocycles. The van der Waals surface area contributed by atoms with Crippen LogP contribution in [0.25, 0.3) is 0 Å². The molecule has 5 heteroatoms. The molecule has 16 heavy (non-hydrogen) atoms. The number of aliphatic hydroxyl groups is 1. The van der Waals surface area contributed by atoms with Crippen LogP contribution in [0.2, 0.25) is 0 Å². The third-order valence-electron chi connectivity index (χ3n) is 2.47. The topological polar surface area (TPSA) is 76.0 Å². The molecule has 3 atom stereocenters. The Balaban J connectivity index is 4.03. The van der Waals surface area contributed by atoms with Crippen LogP contribution in [-0.2, 0) is 14.3 Å². The zero-order valence-corrected chi connectivity index (χ0v) is 10.4. The first-order valence-electron chi connectivity index (χ1n) is 5.55. The molecule has 0 fully saturated rings. The highest BCUT2D eigenvalue weighted by molar-refractivity contribution is 5.77. The Morgan fingerprint density at radius 1 is 1.44 bits per heavy atom. The van der Waals surface area contributed by atoms with Crippen molar-refractivity contribution in [3.05, 3.63) is 0 Å². The lowest BCUT2D eigenvalue weighted by atomic mass is 10.0. The quantitative estimate of drug-likeness (QED) is 0.490. The molecule has 0 aromatic heterocycles. The molecule has 0 bridgehead atoms. The van der Waals surface area contributed by atoms with Gasteiger partial charge in [0.25, 0.3) is 0 Å². The first-order chi connectivity index (χ1) is 7.32. The van der Waals surface area contributed by atoms with Crippen LogP contribution in [-0.4, -0.2) is 40.8 Å². The van der Waals surface area contributed by atoms with E-state index < -0.39 is 24.0 Å². The molecule has 0 saturated heterocycles. The van der Waals surface area contributed by atoms with Crippen molar-refractivity contribution >= 4 is 5.97 Å². The number of carboxylic acid groups (broad SMARTS) is 1. The van der Waals surface area contributed by atoms with E-state index in [2.05, 4.69) is 0 Å². The molecular formula is C11H22O5. The molecule has 96 valence electrons. The maximum Gasteiger partial charge on any atom is 0.338 e. The first-order valence-corrected chi connectivity index (χ1v) is 5.55. The fourth-order valence-corrected chi connectivity index (χ4v) is 1.03. The van der Waals surface area contributed by atoms with Crippen LogP contribution >= 0.6 is 0 Å². The van der Waals surface area contributed by atoms with E-state index in [-0.39, 0.29) is 0 Å². The zero-order valence-electron chi connectivity index (χ0n) is 10.4. The van der Waals surface area contributed by atoms with Gasteiger partial charge >= 0.3 is 5.97 Å². The van der Waals surface area contributed by atoms with Crippen LogP contribution in [0.1, 0.15) is 40.5 Å². The van der Waals surface area contributed by atoms with Gasteiger partial charge in [-0.2, -0.15) is 0 Å². The minimum Gasteiger partial charge on any atom is -0.479 e. The van der Waals surface area contributed by atoms with Crippen molar-refractivity contribution in [1.82, 2.24) is 0 Å². The molecule has 0 heterocycles. The Kier molecular flexibility index (Phi) is 6.55. The van der Waals surface area contributed by atoms with Crippen LogP contribution < -0.4 is 0 Å². The number of ether oxygens (including phenoxy) is 2. The van der Waals surface area contributed by atoms with E-state index in [1.165, 1.54) is 13.8 Å². The maximum atomic E-state index is 10.7. The van der Waals surface area contributed by atoms with Crippen molar-refractivity contribution in [1.29, 1.82) is 0 Å². The second kappa shape index (κ2) is 6.83. The molecule has 3 unspecified atom stereocenters. The molecule has 0 rings (SSSR count). The largest absolute Gasteiger partial charge is 0.479 e. The van der Waals surface area contributed by atoms with Gasteiger partial charge in [-0.05, 0) is 27.2 Å². The van der Waals surface area contributed by atoms with E-state index in [0.29, 0.717) is 6.61 Å². The van der Waals surface area contributed by atoms with Gasteiger partial charge in [-0.15, -0.1) is 0 Å². The summed E-state index contributed by atoms with van der Waals surface area (Å²) in [6.07, 6.45) is 0.598. The summed E-state index contributed by atoms with van der Waals surface area (Å²) in [7, 11) is 0. The summed E-state index contributed by atoms with van der Waals surface area (Å²) in [5.41, 5.74) is -1.90. The number of hydrogen-bond donors (Lipinski definition) is 2. The molecule has 0 saturated carbocycles. The van der Waals surface area contributed by atoms with Crippen molar-refractivity contribution in [2.75, 3.05) is 6.61 Å². The Hall–Kier alpha value is -0.650. The Morgan fingerprint density at radius 2 is 2.00 bits per heavy atom. The number of aliphatic carboxylic acids is 1. The maximum absolute atomic E-state index is 10.7. The molecule has 0 aliphatic carbocycles. The smallest absolute Gasteiger partial charge is 0.338 e. The number of hydrogen-bond acceptors (Lipinski definition) is 4. The predicted octanol–water partition coefficient (Wildman–Crippen LogP) is 1.39. The van der Waals surface area contributed by atoms with Gasteiger partial charge in [-0.1, -0.05) is 13.3 Å². The number of carbonyl (C=O) groups is 1. The minimum absolute atomic E-state index is 0.521. The summed E-state index contributed by atoms with van der Waals surface area (Å²) >= 11 is 0. The molecule has 0 aliphatic heterocycles. The zero-order chi connectivity index (χ0) is 12.8. The molecule has 0 radical (unpaired) electrons. The van der Waals surface area contributed by atoms with Gasteiger partial charge in [0.1, 0.15) is 0 Å². The van der Waals surface area contributed by atoms with E-state index in [0.717, 1.165) is 12.8 Å². The SMILES string of the molecule is CCCCOC(C)OC(C)C(C)(O)C(=O)O. The third-order valence-corrected chi connectivity index (χ3v) is 2.47. The average Bonchev–Trinajstić information content (AvgIpc) is 2.17. The normalized spacial score (nSPS) is 18.8. The Bertz CT molecular complexity index is 214. The summed E-state index contributed by atoms with van der Waals surface area (Å²) < 4.78 is 10.6. The Labute approximate surface area is 96.4 Å². The third kappa shape index (κ3) is 4.92. The van der Waals surface area contributed by atoms with Gasteiger partial charge in [0.2, 0.25) is 0 Å². The van der Waals surface area contributed by atoms with Gasteiger partial charge in [-0.25, -0.2) is 4.79 Å². The highest BCUT2D eigenvalue weighted by Gasteiger charge is 2.38. The van der Waals surface area contributed by atoms with Gasteiger partial charge < -0.3 is 19.7 Å². The van der Waals surface area contributed by atoms with Crippen LogP contribution in [0.15, 0.2) is 0 Å². The van der Waals surface area contributed by atoms with E-state index >= 15 is 0 Å². The van der Waals surface area contributed by atoms with Gasteiger partial charge in [0, 0.05) is 6.61 Å². The van der Waals surface area contributed by atoms with E-state index in [9.17, 15) is 9.90 Å². The highest BCUT2D eigenvalue weighted by Crippen LogP contribution is 2.15. The number of rotatable bonds is 8. The van der Waals surface area contributed by atoms with Crippen molar-refractivity contribution in [3.63, 3.8) is 0 Å². The summed E-state index contributed by atoms with van der Waals surface area (Å²) in [6.45, 7) is 7.02. The van der Waals surface area contributed by atoms with Crippen LogP contribution in [0.5, 0.6) is 0 Å². The molecule has 0 spiro atoms. The van der Waals surface area contributed by atoms with Crippen LogP contribution in [0.4, 0.5) is 0 Å². The van der Waals surface area contributed by atoms with Gasteiger partial charge in [0.05, 0.1) is 6.10 Å². The average molecular weight is 234 g/mol. The lowest BCUT2D eigenvalue weighted by molar-refractivity contribution is -0.209. The first kappa shape index (κ1) is 15.3. The molecule has 0 aliphatic rings. The molecular weight excluding hydrogens is 212 g/mol.